The fourth-order valence-electron chi connectivity index (χ4n) is 4.87. The van der Waals surface area contributed by atoms with E-state index in [1.165, 1.54) is 0 Å². The lowest BCUT2D eigenvalue weighted by molar-refractivity contribution is -0.0366. The Morgan fingerprint density at radius 3 is 2.64 bits per heavy atom. The summed E-state index contributed by atoms with van der Waals surface area (Å²) in [5.41, 5.74) is 2.45. The number of hydrogen-bond acceptors (Lipinski definition) is 6. The van der Waals surface area contributed by atoms with E-state index in [4.69, 9.17) is 14.2 Å². The number of ether oxygens (including phenoxy) is 3. The van der Waals surface area contributed by atoms with Crippen molar-refractivity contribution in [2.24, 2.45) is 5.92 Å². The van der Waals surface area contributed by atoms with Gasteiger partial charge in [-0.1, -0.05) is 12.1 Å². The number of nitrogens with one attached hydrogen (secondary N) is 1. The molecule has 1 aliphatic carbocycles. The van der Waals surface area contributed by atoms with Crippen LogP contribution in [0.4, 0.5) is 4.79 Å². The van der Waals surface area contributed by atoms with Gasteiger partial charge in [0, 0.05) is 12.6 Å². The summed E-state index contributed by atoms with van der Waals surface area (Å²) in [4.78, 5) is 12.0. The predicted octanol–water partition coefficient (Wildman–Crippen LogP) is 5.79. The highest BCUT2D eigenvalue weighted by Gasteiger charge is 2.32. The number of rotatable bonds is 6. The molecule has 1 atom stereocenters. The van der Waals surface area contributed by atoms with E-state index >= 15 is 0 Å². The van der Waals surface area contributed by atoms with Crippen molar-refractivity contribution in [2.75, 3.05) is 13.2 Å². The number of phenols is 1. The minimum atomic E-state index is -0.503. The number of fused-ring (bicyclic) bond motifs is 1. The summed E-state index contributed by atoms with van der Waals surface area (Å²) in [6.07, 6.45) is 6.26. The van der Waals surface area contributed by atoms with Crippen LogP contribution in [0, 0.1) is 5.92 Å². The molecule has 36 heavy (non-hydrogen) atoms. The number of alkyl carbamates (subject to hydrolysis) is 1. The number of aromatic nitrogens is 2. The van der Waals surface area contributed by atoms with E-state index in [2.05, 4.69) is 16.5 Å². The third-order valence-electron chi connectivity index (χ3n) is 6.74. The van der Waals surface area contributed by atoms with Gasteiger partial charge in [0.1, 0.15) is 17.1 Å². The third kappa shape index (κ3) is 5.59. The molecule has 1 saturated carbocycles. The van der Waals surface area contributed by atoms with Crippen molar-refractivity contribution in [3.8, 4) is 22.6 Å². The summed E-state index contributed by atoms with van der Waals surface area (Å²) >= 11 is 0. The highest BCUT2D eigenvalue weighted by atomic mass is 16.6. The summed E-state index contributed by atoms with van der Waals surface area (Å²) < 4.78 is 19.7. The number of hydrogen-bond donors (Lipinski definition) is 2. The van der Waals surface area contributed by atoms with Crippen LogP contribution >= 0.6 is 0 Å². The van der Waals surface area contributed by atoms with Crippen LogP contribution in [0.15, 0.2) is 42.6 Å². The molecule has 2 N–H and O–H groups in total. The second-order valence-electron chi connectivity index (χ2n) is 10.9. The van der Waals surface area contributed by atoms with Gasteiger partial charge in [-0.15, -0.1) is 0 Å². The molecule has 8 nitrogen and oxygen atoms in total. The molecule has 5 rings (SSSR count). The van der Waals surface area contributed by atoms with Gasteiger partial charge in [-0.2, -0.15) is 5.10 Å². The predicted molar refractivity (Wildman–Crippen MR) is 137 cm³/mol. The monoisotopic (exact) mass is 493 g/mol. The number of aromatic hydroxyl groups is 1. The largest absolute Gasteiger partial charge is 0.508 e. The average molecular weight is 494 g/mol. The summed E-state index contributed by atoms with van der Waals surface area (Å²) in [5, 5.41) is 18.3. The number of amides is 1. The lowest BCUT2D eigenvalue weighted by Gasteiger charge is -2.36. The molecule has 1 unspecified atom stereocenters. The summed E-state index contributed by atoms with van der Waals surface area (Å²) in [5.74, 6) is 1.37. The molecule has 0 radical (unpaired) electrons. The molecule has 8 heteroatoms. The third-order valence-corrected chi connectivity index (χ3v) is 6.74. The fraction of sp³-hybridized carbons (Fsp3) is 0.500. The smallest absolute Gasteiger partial charge is 0.407 e. The first-order valence-corrected chi connectivity index (χ1v) is 12.8. The van der Waals surface area contributed by atoms with Crippen molar-refractivity contribution in [2.45, 2.75) is 70.7 Å². The molecule has 0 spiro atoms. The number of phenolic OH excluding ortho intramolecular Hbond substituents is 1. The van der Waals surface area contributed by atoms with Crippen LogP contribution in [0.5, 0.6) is 11.5 Å². The standard InChI is InChI=1S/C28H35N3O5/c1-28(2,3)36-27(33)30-21-12-18(13-21)17-35-25-15-20(19-7-9-22(32)10-8-19)14-24-23(25)16-29-31(24)26-6-4-5-11-34-26/h7-10,14-16,18,21,26,32H,4-6,11-13,17H2,1-3H3,(H,30,33)/t18-,21+,26?. The van der Waals surface area contributed by atoms with E-state index < -0.39 is 5.60 Å². The van der Waals surface area contributed by atoms with Crippen molar-refractivity contribution >= 4 is 17.0 Å². The Labute approximate surface area is 211 Å². The number of nitrogens with zero attached hydrogens (tertiary/aromatic N) is 2. The first kappa shape index (κ1) is 24.4. The molecule has 2 aromatic carbocycles. The van der Waals surface area contributed by atoms with Gasteiger partial charge in [-0.05, 0) is 94.2 Å². The lowest BCUT2D eigenvalue weighted by atomic mass is 9.81. The molecule has 0 bridgehead atoms. The molecule has 1 aliphatic heterocycles. The van der Waals surface area contributed by atoms with Crippen LogP contribution in [0.2, 0.25) is 0 Å². The van der Waals surface area contributed by atoms with Gasteiger partial charge in [-0.25, -0.2) is 9.48 Å². The van der Waals surface area contributed by atoms with Gasteiger partial charge in [0.15, 0.2) is 6.23 Å². The SMILES string of the molecule is CC(C)(C)OC(=O)N[C@H]1C[C@@H](COc2cc(-c3ccc(O)cc3)cc3c2cnn3C2CCCCO2)C1. The van der Waals surface area contributed by atoms with Gasteiger partial charge in [0.2, 0.25) is 0 Å². The van der Waals surface area contributed by atoms with E-state index in [0.717, 1.165) is 66.5 Å². The summed E-state index contributed by atoms with van der Waals surface area (Å²) in [6.45, 7) is 6.89. The fourth-order valence-corrected chi connectivity index (χ4v) is 4.87. The topological polar surface area (TPSA) is 94.8 Å². The normalized spacial score (nSPS) is 22.1. The van der Waals surface area contributed by atoms with Crippen LogP contribution < -0.4 is 10.1 Å². The molecule has 2 fully saturated rings. The summed E-state index contributed by atoms with van der Waals surface area (Å²) in [7, 11) is 0. The van der Waals surface area contributed by atoms with Crippen LogP contribution in [0.25, 0.3) is 22.0 Å². The summed E-state index contributed by atoms with van der Waals surface area (Å²) in [6, 6.07) is 11.4. The zero-order valence-electron chi connectivity index (χ0n) is 21.2. The van der Waals surface area contributed by atoms with Crippen molar-refractivity contribution in [3.05, 3.63) is 42.6 Å². The van der Waals surface area contributed by atoms with Gasteiger partial charge in [-0.3, -0.25) is 0 Å². The first-order valence-electron chi connectivity index (χ1n) is 12.8. The zero-order chi connectivity index (χ0) is 25.3. The molecule has 1 saturated heterocycles. The zero-order valence-corrected chi connectivity index (χ0v) is 21.2. The molecule has 1 amide bonds. The molecule has 192 valence electrons. The van der Waals surface area contributed by atoms with Gasteiger partial charge in [0.25, 0.3) is 0 Å². The number of benzene rings is 2. The lowest BCUT2D eigenvalue weighted by Crippen LogP contribution is -2.47. The average Bonchev–Trinajstić information content (AvgIpc) is 3.24. The van der Waals surface area contributed by atoms with Crippen LogP contribution in [-0.2, 0) is 9.47 Å². The molecular formula is C28H35N3O5. The minimum Gasteiger partial charge on any atom is -0.508 e. The minimum absolute atomic E-state index is 0.0783. The van der Waals surface area contributed by atoms with Crippen LogP contribution in [-0.4, -0.2) is 45.8 Å². The van der Waals surface area contributed by atoms with E-state index in [0.29, 0.717) is 12.5 Å². The molecular weight excluding hydrogens is 458 g/mol. The maximum atomic E-state index is 12.0. The molecule has 1 aromatic heterocycles. The Balaban J connectivity index is 1.32. The Kier molecular flexibility index (Phi) is 6.79. The highest BCUT2D eigenvalue weighted by molar-refractivity contribution is 5.90. The second-order valence-corrected chi connectivity index (χ2v) is 10.9. The Morgan fingerprint density at radius 1 is 1.17 bits per heavy atom. The van der Waals surface area contributed by atoms with Crippen molar-refractivity contribution in [1.29, 1.82) is 0 Å². The van der Waals surface area contributed by atoms with E-state index in [-0.39, 0.29) is 24.1 Å². The van der Waals surface area contributed by atoms with Crippen LogP contribution in [0.1, 0.15) is 59.1 Å². The maximum Gasteiger partial charge on any atom is 0.407 e. The number of carbonyl (C=O) groups excluding carboxylic acids is 1. The molecule has 2 heterocycles. The van der Waals surface area contributed by atoms with E-state index in [1.54, 1.807) is 12.1 Å². The van der Waals surface area contributed by atoms with Crippen molar-refractivity contribution in [3.63, 3.8) is 0 Å². The Hall–Kier alpha value is -3.26. The quantitative estimate of drug-likeness (QED) is 0.451. The number of carbonyl (C=O) groups is 1. The molecule has 3 aromatic rings. The maximum absolute atomic E-state index is 12.0. The van der Waals surface area contributed by atoms with E-state index in [9.17, 15) is 9.90 Å². The van der Waals surface area contributed by atoms with Gasteiger partial charge >= 0.3 is 6.09 Å². The van der Waals surface area contributed by atoms with Crippen LogP contribution in [0.3, 0.4) is 0 Å². The van der Waals surface area contributed by atoms with Gasteiger partial charge < -0.3 is 24.6 Å². The molecule has 2 aliphatic rings. The van der Waals surface area contributed by atoms with Crippen molar-refractivity contribution < 1.29 is 24.1 Å². The Morgan fingerprint density at radius 2 is 1.94 bits per heavy atom. The highest BCUT2D eigenvalue weighted by Crippen LogP contribution is 2.37. The second kappa shape index (κ2) is 10.0. The Bertz CT molecular complexity index is 1200. The van der Waals surface area contributed by atoms with E-state index in [1.807, 2.05) is 49.8 Å². The van der Waals surface area contributed by atoms with Crippen molar-refractivity contribution in [1.82, 2.24) is 15.1 Å². The first-order chi connectivity index (χ1) is 17.2. The van der Waals surface area contributed by atoms with Gasteiger partial charge in [0.05, 0.1) is 23.7 Å².